The van der Waals surface area contributed by atoms with Crippen molar-refractivity contribution in [2.75, 3.05) is 27.2 Å². The second kappa shape index (κ2) is 11.7. The summed E-state index contributed by atoms with van der Waals surface area (Å²) in [7, 11) is 13.7. The van der Waals surface area contributed by atoms with E-state index in [0.717, 1.165) is 13.1 Å². The average molecular weight is 400 g/mol. The molecule has 0 radical (unpaired) electrons. The van der Waals surface area contributed by atoms with Gasteiger partial charge in [0.2, 0.25) is 0 Å². The first kappa shape index (κ1) is 18.9. The molecule has 2 heterocycles. The molecule has 0 saturated carbocycles. The Hall–Kier alpha value is -0.0777. The van der Waals surface area contributed by atoms with Crippen LogP contribution < -0.4 is 0 Å². The van der Waals surface area contributed by atoms with Crippen LogP contribution in [0.5, 0.6) is 0 Å². The van der Waals surface area contributed by atoms with Crippen molar-refractivity contribution >= 4 is 19.1 Å². The van der Waals surface area contributed by atoms with Crippen molar-refractivity contribution in [2.45, 2.75) is 13.8 Å². The van der Waals surface area contributed by atoms with E-state index in [1.807, 2.05) is 36.3 Å². The predicted octanol–water partition coefficient (Wildman–Crippen LogP) is 3.06. The van der Waals surface area contributed by atoms with Crippen LogP contribution in [0.2, 0.25) is 0 Å². The van der Waals surface area contributed by atoms with Crippen molar-refractivity contribution in [2.24, 2.45) is 0 Å². The predicted molar refractivity (Wildman–Crippen MR) is 78.9 cm³/mol. The molecule has 0 fully saturated rings. The molecule has 0 spiro atoms. The van der Waals surface area contributed by atoms with Crippen LogP contribution in [-0.4, -0.2) is 46.8 Å². The summed E-state index contributed by atoms with van der Waals surface area (Å²) in [4.78, 5) is 8.31. The third-order valence-corrected chi connectivity index (χ3v) is 2.38. The minimum atomic E-state index is -0.106. The number of rotatable bonds is 2. The first-order chi connectivity index (χ1) is 9.07. The normalized spacial score (nSPS) is 16.5. The summed E-state index contributed by atoms with van der Waals surface area (Å²) in [6.45, 7) is 10.5. The van der Waals surface area contributed by atoms with Gasteiger partial charge in [-0.3, -0.25) is 0 Å². The van der Waals surface area contributed by atoms with E-state index in [1.54, 1.807) is 0 Å². The molecule has 19 heavy (non-hydrogen) atoms. The van der Waals surface area contributed by atoms with Gasteiger partial charge in [-0.15, -0.1) is 0 Å². The average Bonchev–Trinajstić information content (AvgIpc) is 2.99. The molecule has 0 saturated heterocycles. The van der Waals surface area contributed by atoms with Crippen LogP contribution in [0.15, 0.2) is 24.8 Å². The van der Waals surface area contributed by atoms with E-state index in [9.17, 15) is 0 Å². The molecule has 2 aliphatic rings. The van der Waals surface area contributed by atoms with E-state index in [4.69, 9.17) is 19.1 Å². The molecule has 0 aromatic rings. The van der Waals surface area contributed by atoms with Gasteiger partial charge >= 0.3 is 35.0 Å². The first-order valence-electron chi connectivity index (χ1n) is 5.91. The zero-order valence-corrected chi connectivity index (χ0v) is 14.8. The summed E-state index contributed by atoms with van der Waals surface area (Å²) < 4.78 is 0. The van der Waals surface area contributed by atoms with E-state index in [2.05, 4.69) is 49.4 Å². The van der Waals surface area contributed by atoms with Gasteiger partial charge in [-0.1, -0.05) is 13.8 Å². The third kappa shape index (κ3) is 9.45. The minimum absolute atomic E-state index is 0.106. The molecule has 4 nitrogen and oxygen atoms in total. The summed E-state index contributed by atoms with van der Waals surface area (Å²) in [5, 5.41) is 0. The van der Waals surface area contributed by atoms with Crippen LogP contribution in [0.1, 0.15) is 13.8 Å². The Morgan fingerprint density at radius 1 is 0.842 bits per heavy atom. The van der Waals surface area contributed by atoms with Gasteiger partial charge in [-0.2, -0.15) is 13.3 Å². The fraction of sp³-hybridized carbons (Fsp3) is 0.500. The molecule has 0 aliphatic carbocycles. The van der Waals surface area contributed by atoms with Crippen LogP contribution in [0.4, 0.5) is 0 Å². The van der Waals surface area contributed by atoms with E-state index >= 15 is 0 Å². The zero-order valence-electron chi connectivity index (χ0n) is 11.7. The molecule has 7 heteroatoms. The van der Waals surface area contributed by atoms with Crippen LogP contribution in [-0.2, 0) is 15.9 Å². The number of hydrogen-bond donors (Lipinski definition) is 0. The van der Waals surface area contributed by atoms with Crippen LogP contribution in [0.25, 0.3) is 0 Å². The van der Waals surface area contributed by atoms with Crippen molar-refractivity contribution in [1.29, 1.82) is 0 Å². The van der Waals surface area contributed by atoms with Gasteiger partial charge in [0.15, 0.2) is 0 Å². The second-order valence-corrected chi connectivity index (χ2v) is 6.22. The van der Waals surface area contributed by atoms with Crippen molar-refractivity contribution in [1.82, 2.24) is 19.6 Å². The van der Waals surface area contributed by atoms with E-state index < -0.39 is 0 Å². The Morgan fingerprint density at radius 3 is 1.26 bits per heavy atom. The summed E-state index contributed by atoms with van der Waals surface area (Å²) in [5.41, 5.74) is 0. The Bertz CT molecular complexity index is 250. The van der Waals surface area contributed by atoms with Gasteiger partial charge in [0.05, 0.1) is 0 Å². The molecule has 2 rings (SSSR count). The van der Waals surface area contributed by atoms with Crippen LogP contribution in [0, 0.1) is 13.3 Å². The standard InChI is InChI=1S/2C6H11N2.2ClH.Pd/c2*1-3-8-5-4-7(2)6-8;;;/h2*4-6H,3H2,1-2H3;2*1H;/q2*-1;;;+2/p-2. The molecule has 0 atom stereocenters. The van der Waals surface area contributed by atoms with Gasteiger partial charge in [0.1, 0.15) is 0 Å². The van der Waals surface area contributed by atoms with Gasteiger partial charge in [0, 0.05) is 0 Å². The van der Waals surface area contributed by atoms with E-state index in [0.29, 0.717) is 0 Å². The summed E-state index contributed by atoms with van der Waals surface area (Å²) in [5.74, 6) is 0. The fourth-order valence-electron chi connectivity index (χ4n) is 1.38. The molecular formula is C12H22Cl2N4Pd-2. The van der Waals surface area contributed by atoms with Crippen molar-refractivity contribution in [3.8, 4) is 0 Å². The van der Waals surface area contributed by atoms with Gasteiger partial charge in [-0.05, 0) is 52.0 Å². The molecule has 0 unspecified atom stereocenters. The van der Waals surface area contributed by atoms with Gasteiger partial charge < -0.3 is 19.6 Å². The van der Waals surface area contributed by atoms with E-state index in [1.165, 1.54) is 0 Å². The van der Waals surface area contributed by atoms with Crippen LogP contribution in [0.3, 0.4) is 0 Å². The number of nitrogens with zero attached hydrogens (tertiary/aromatic N) is 4. The number of halogens is 2. The monoisotopic (exact) mass is 398 g/mol. The number of hydrogen-bond acceptors (Lipinski definition) is 4. The quantitative estimate of drug-likeness (QED) is 0.523. The Morgan fingerprint density at radius 2 is 1.16 bits per heavy atom. The van der Waals surface area contributed by atoms with Gasteiger partial charge in [-0.25, -0.2) is 0 Å². The van der Waals surface area contributed by atoms with Crippen molar-refractivity contribution in [3.63, 3.8) is 0 Å². The second-order valence-electron chi connectivity index (χ2n) is 3.86. The molecular weight excluding hydrogens is 377 g/mol. The topological polar surface area (TPSA) is 13.0 Å². The Balaban J connectivity index is 0.000000284. The summed E-state index contributed by atoms with van der Waals surface area (Å²) in [6, 6.07) is 0. The van der Waals surface area contributed by atoms with Crippen LogP contribution >= 0.6 is 19.1 Å². The fourth-order valence-corrected chi connectivity index (χ4v) is 1.38. The van der Waals surface area contributed by atoms with Gasteiger partial charge in [0.25, 0.3) is 0 Å². The molecule has 0 aromatic heterocycles. The molecule has 0 N–H and O–H groups in total. The van der Waals surface area contributed by atoms with E-state index in [-0.39, 0.29) is 15.9 Å². The summed E-state index contributed by atoms with van der Waals surface area (Å²) >= 11 is -0.106. The third-order valence-electron chi connectivity index (χ3n) is 2.38. The molecule has 0 bridgehead atoms. The van der Waals surface area contributed by atoms with Crippen molar-refractivity contribution in [3.05, 3.63) is 38.1 Å². The Labute approximate surface area is 133 Å². The molecule has 116 valence electrons. The molecule has 0 amide bonds. The summed E-state index contributed by atoms with van der Waals surface area (Å²) in [6.07, 6.45) is 8.17. The molecule has 0 aromatic carbocycles. The zero-order chi connectivity index (χ0) is 14.7. The van der Waals surface area contributed by atoms with Crippen molar-refractivity contribution < 1.29 is 15.9 Å². The first-order valence-corrected chi connectivity index (χ1v) is 9.92. The SMILES string of the molecule is CCN1C=CN(C)[CH-]1.CCN1C=CN(C)[CH-]1.[Cl][Pd][Cl]. The Kier molecular flexibility index (Phi) is 11.7. The maximum absolute atomic E-state index is 4.81. The molecule has 2 aliphatic heterocycles. The maximum atomic E-state index is 4.81.